The van der Waals surface area contributed by atoms with E-state index in [2.05, 4.69) is 15.7 Å². The molecular weight excluding hydrogens is 508 g/mol. The molecule has 2 aromatic carbocycles. The lowest BCUT2D eigenvalue weighted by Crippen LogP contribution is -2.35. The number of aryl methyl sites for hydroxylation is 1. The summed E-state index contributed by atoms with van der Waals surface area (Å²) in [5, 5.41) is 9.54. The van der Waals surface area contributed by atoms with Gasteiger partial charge >= 0.3 is 6.18 Å². The molecule has 0 fully saturated rings. The summed E-state index contributed by atoms with van der Waals surface area (Å²) in [5.41, 5.74) is 1.45. The largest absolute Gasteiger partial charge is 0.495 e. The number of nitrogens with one attached hydrogen (secondary N) is 2. The van der Waals surface area contributed by atoms with Crippen LogP contribution in [0.5, 0.6) is 11.5 Å². The first kappa shape index (κ1) is 25.0. The predicted molar refractivity (Wildman–Crippen MR) is 127 cm³/mol. The molecule has 2 atom stereocenters. The summed E-state index contributed by atoms with van der Waals surface area (Å²) in [4.78, 5) is 13.0. The maximum Gasteiger partial charge on any atom is 0.410 e. The second kappa shape index (κ2) is 9.50. The normalized spacial score (nSPS) is 17.4. The molecule has 1 aliphatic rings. The number of hydrogen-bond acceptors (Lipinski definition) is 5. The Morgan fingerprint density at radius 1 is 1.14 bits per heavy atom. The molecule has 4 rings (SSSR count). The number of methoxy groups -OCH3 is 2. The van der Waals surface area contributed by atoms with Crippen LogP contribution in [0.3, 0.4) is 0 Å². The number of anilines is 2. The Morgan fingerprint density at radius 2 is 1.80 bits per heavy atom. The highest BCUT2D eigenvalue weighted by Crippen LogP contribution is 2.46. The lowest BCUT2D eigenvalue weighted by atomic mass is 9.96. The zero-order chi connectivity index (χ0) is 25.5. The number of rotatable bonds is 5. The number of fused-ring (bicyclic) bond motifs is 1. The van der Waals surface area contributed by atoms with Gasteiger partial charge in [0.15, 0.2) is 11.7 Å². The van der Waals surface area contributed by atoms with E-state index in [0.717, 1.165) is 10.2 Å². The van der Waals surface area contributed by atoms with Crippen molar-refractivity contribution >= 4 is 40.6 Å². The maximum atomic E-state index is 14.0. The number of benzene rings is 2. The van der Waals surface area contributed by atoms with Crippen molar-refractivity contribution in [1.29, 1.82) is 0 Å². The number of halogens is 5. The van der Waals surface area contributed by atoms with E-state index in [0.29, 0.717) is 5.56 Å². The number of nitrogens with zero attached hydrogens (tertiary/aromatic N) is 2. The molecule has 186 valence electrons. The van der Waals surface area contributed by atoms with E-state index in [1.807, 2.05) is 19.1 Å². The van der Waals surface area contributed by atoms with Crippen molar-refractivity contribution in [3.63, 3.8) is 0 Å². The van der Waals surface area contributed by atoms with E-state index >= 15 is 0 Å². The number of carbonyl (C=O) groups is 1. The Morgan fingerprint density at radius 3 is 2.40 bits per heavy atom. The number of amides is 1. The van der Waals surface area contributed by atoms with E-state index in [9.17, 15) is 18.0 Å². The average Bonchev–Trinajstić information content (AvgIpc) is 3.15. The van der Waals surface area contributed by atoms with Gasteiger partial charge in [0.1, 0.15) is 22.3 Å². The van der Waals surface area contributed by atoms with Gasteiger partial charge in [-0.25, -0.2) is 4.68 Å². The highest BCUT2D eigenvalue weighted by Gasteiger charge is 2.47. The molecule has 0 saturated carbocycles. The minimum Gasteiger partial charge on any atom is -0.495 e. The van der Waals surface area contributed by atoms with E-state index in [-0.39, 0.29) is 45.2 Å². The molecule has 1 amide bonds. The molecule has 7 nitrogen and oxygen atoms in total. The summed E-state index contributed by atoms with van der Waals surface area (Å²) in [6.45, 7) is 1.89. The fraction of sp³-hybridized carbons (Fsp3) is 0.304. The topological polar surface area (TPSA) is 77.4 Å². The van der Waals surface area contributed by atoms with Crippen molar-refractivity contribution in [2.24, 2.45) is 0 Å². The van der Waals surface area contributed by atoms with Crippen LogP contribution in [0.1, 0.15) is 40.1 Å². The second-order valence-corrected chi connectivity index (χ2v) is 8.78. The zero-order valence-corrected chi connectivity index (χ0v) is 20.3. The molecule has 2 heterocycles. The SMILES string of the molecule is COc1cc(NC(=O)c2nn3c(c2Cl)N[C@@H](c2ccc(C)cc2)C[C@@H]3C(F)(F)F)c(OC)cc1Cl. The molecule has 1 aromatic heterocycles. The first-order valence-corrected chi connectivity index (χ1v) is 11.2. The lowest BCUT2D eigenvalue weighted by Gasteiger charge is -2.33. The van der Waals surface area contributed by atoms with Crippen LogP contribution in [0.15, 0.2) is 36.4 Å². The van der Waals surface area contributed by atoms with Gasteiger partial charge in [0, 0.05) is 18.6 Å². The van der Waals surface area contributed by atoms with Crippen molar-refractivity contribution in [3.8, 4) is 11.5 Å². The second-order valence-electron chi connectivity index (χ2n) is 8.00. The van der Waals surface area contributed by atoms with Gasteiger partial charge in [-0.15, -0.1) is 0 Å². The maximum absolute atomic E-state index is 14.0. The quantitative estimate of drug-likeness (QED) is 0.399. The third kappa shape index (κ3) is 4.85. The van der Waals surface area contributed by atoms with Gasteiger partial charge in [-0.1, -0.05) is 53.0 Å². The Bertz CT molecular complexity index is 1260. The van der Waals surface area contributed by atoms with Crippen LogP contribution in [0, 0.1) is 6.92 Å². The third-order valence-electron chi connectivity index (χ3n) is 5.71. The summed E-state index contributed by atoms with van der Waals surface area (Å²) >= 11 is 12.5. The van der Waals surface area contributed by atoms with Crippen LogP contribution in [0.25, 0.3) is 0 Å². The molecule has 12 heteroatoms. The summed E-state index contributed by atoms with van der Waals surface area (Å²) in [6.07, 6.45) is -4.93. The van der Waals surface area contributed by atoms with Crippen LogP contribution in [-0.2, 0) is 0 Å². The highest BCUT2D eigenvalue weighted by atomic mass is 35.5. The standard InChI is InChI=1S/C23H21Cl2F3N4O3/c1-11-4-6-12(7-5-11)14-10-18(23(26,27)28)32-21(29-14)19(25)20(31-32)22(33)30-15-9-16(34-2)13(24)8-17(15)35-3/h4-9,14,18,29H,10H2,1-3H3,(H,30,33)/t14-,18-/m1/s1. The highest BCUT2D eigenvalue weighted by molar-refractivity contribution is 6.36. The van der Waals surface area contributed by atoms with Gasteiger partial charge in [-0.2, -0.15) is 18.3 Å². The monoisotopic (exact) mass is 528 g/mol. The number of alkyl halides is 3. The van der Waals surface area contributed by atoms with Gasteiger partial charge < -0.3 is 20.1 Å². The van der Waals surface area contributed by atoms with Gasteiger partial charge in [-0.05, 0) is 12.5 Å². The summed E-state index contributed by atoms with van der Waals surface area (Å²) in [6, 6.07) is 7.35. The Labute approximate surface area is 209 Å². The van der Waals surface area contributed by atoms with Crippen molar-refractivity contribution in [1.82, 2.24) is 9.78 Å². The Hall–Kier alpha value is -3.11. The van der Waals surface area contributed by atoms with Crippen molar-refractivity contribution in [3.05, 3.63) is 63.3 Å². The minimum atomic E-state index is -4.62. The molecule has 1 aliphatic heterocycles. The molecular formula is C23H21Cl2F3N4O3. The number of aromatic nitrogens is 2. The zero-order valence-electron chi connectivity index (χ0n) is 18.8. The van der Waals surface area contributed by atoms with Crippen molar-refractivity contribution in [2.45, 2.75) is 31.6 Å². The van der Waals surface area contributed by atoms with Gasteiger partial charge in [0.25, 0.3) is 5.91 Å². The third-order valence-corrected chi connectivity index (χ3v) is 6.37. The number of hydrogen-bond donors (Lipinski definition) is 2. The summed E-state index contributed by atoms with van der Waals surface area (Å²) in [7, 11) is 2.77. The van der Waals surface area contributed by atoms with Gasteiger partial charge in [0.2, 0.25) is 0 Å². The van der Waals surface area contributed by atoms with E-state index in [4.69, 9.17) is 32.7 Å². The fourth-order valence-corrected chi connectivity index (χ4v) is 4.39. The molecule has 0 bridgehead atoms. The van der Waals surface area contributed by atoms with Crippen molar-refractivity contribution in [2.75, 3.05) is 24.9 Å². The fourth-order valence-electron chi connectivity index (χ4n) is 3.89. The molecule has 35 heavy (non-hydrogen) atoms. The van der Waals surface area contributed by atoms with E-state index in [1.165, 1.54) is 26.4 Å². The van der Waals surface area contributed by atoms with Crippen LogP contribution in [0.4, 0.5) is 24.7 Å². The van der Waals surface area contributed by atoms with E-state index < -0.39 is 24.2 Å². The molecule has 3 aromatic rings. The molecule has 0 spiro atoms. The van der Waals surface area contributed by atoms with Crippen molar-refractivity contribution < 1.29 is 27.4 Å². The predicted octanol–water partition coefficient (Wildman–Crippen LogP) is 6.43. The smallest absolute Gasteiger partial charge is 0.410 e. The number of carbonyl (C=O) groups excluding carboxylic acids is 1. The lowest BCUT2D eigenvalue weighted by molar-refractivity contribution is -0.173. The molecule has 0 aliphatic carbocycles. The first-order chi connectivity index (χ1) is 16.5. The molecule has 2 N–H and O–H groups in total. The van der Waals surface area contributed by atoms with Crippen LogP contribution < -0.4 is 20.1 Å². The Kier molecular flexibility index (Phi) is 6.79. The van der Waals surface area contributed by atoms with Crippen LogP contribution >= 0.6 is 23.2 Å². The first-order valence-electron chi connectivity index (χ1n) is 10.4. The van der Waals surface area contributed by atoms with Crippen LogP contribution in [-0.4, -0.2) is 36.1 Å². The van der Waals surface area contributed by atoms with Gasteiger partial charge in [-0.3, -0.25) is 4.79 Å². The number of ether oxygens (including phenoxy) is 2. The minimum absolute atomic E-state index is 0.0865. The van der Waals surface area contributed by atoms with Gasteiger partial charge in [0.05, 0.1) is 31.0 Å². The van der Waals surface area contributed by atoms with E-state index in [1.54, 1.807) is 12.1 Å². The molecule has 0 saturated heterocycles. The summed E-state index contributed by atoms with van der Waals surface area (Å²) < 4.78 is 53.1. The Balaban J connectivity index is 1.71. The summed E-state index contributed by atoms with van der Waals surface area (Å²) in [5.74, 6) is -0.432. The molecule has 0 unspecified atom stereocenters. The van der Waals surface area contributed by atoms with Crippen LogP contribution in [0.2, 0.25) is 10.0 Å². The molecule has 0 radical (unpaired) electrons. The average molecular weight is 529 g/mol.